The summed E-state index contributed by atoms with van der Waals surface area (Å²) in [5, 5.41) is 1.45. The first-order chi connectivity index (χ1) is 9.65. The van der Waals surface area contributed by atoms with Crippen molar-refractivity contribution < 1.29 is 0 Å². The molecule has 1 nitrogen and oxygen atoms in total. The van der Waals surface area contributed by atoms with E-state index in [0.717, 1.165) is 22.8 Å². The van der Waals surface area contributed by atoms with Crippen molar-refractivity contribution in [2.75, 3.05) is 5.75 Å². The third kappa shape index (κ3) is 2.84. The molecule has 1 aliphatic heterocycles. The highest BCUT2D eigenvalue weighted by atomic mass is 35.5. The summed E-state index contributed by atoms with van der Waals surface area (Å²) in [6.45, 7) is 0. The van der Waals surface area contributed by atoms with E-state index in [1.165, 1.54) is 10.5 Å². The summed E-state index contributed by atoms with van der Waals surface area (Å²) in [6, 6.07) is 14.1. The second kappa shape index (κ2) is 5.98. The highest BCUT2D eigenvalue weighted by Gasteiger charge is 2.28. The lowest BCUT2D eigenvalue weighted by Gasteiger charge is -2.20. The molecule has 0 aliphatic carbocycles. The van der Waals surface area contributed by atoms with E-state index in [-0.39, 0.29) is 6.04 Å². The standard InChI is InChI=1S/C16H15Cl2NS/c17-11-5-6-14(18)10(7-11)8-15(19)13-9-20-16-4-2-1-3-12(13)16/h1-7,13,15H,8-9,19H2. The fraction of sp³-hybridized carbons (Fsp3) is 0.250. The SMILES string of the molecule is NC(Cc1cc(Cl)ccc1Cl)C1CSc2ccccc21. The van der Waals surface area contributed by atoms with E-state index in [9.17, 15) is 0 Å². The number of hydrogen-bond acceptors (Lipinski definition) is 2. The molecular formula is C16H15Cl2NS. The van der Waals surface area contributed by atoms with Crippen molar-refractivity contribution in [1.82, 2.24) is 0 Å². The Morgan fingerprint density at radius 2 is 2.00 bits per heavy atom. The highest BCUT2D eigenvalue weighted by molar-refractivity contribution is 7.99. The molecule has 0 fully saturated rings. The van der Waals surface area contributed by atoms with Crippen LogP contribution in [0.2, 0.25) is 10.0 Å². The molecule has 0 bridgehead atoms. The number of halogens is 2. The number of hydrogen-bond donors (Lipinski definition) is 1. The average molecular weight is 324 g/mol. The monoisotopic (exact) mass is 323 g/mol. The molecule has 0 amide bonds. The third-order valence-corrected chi connectivity index (χ3v) is 5.53. The Morgan fingerprint density at radius 3 is 2.85 bits per heavy atom. The van der Waals surface area contributed by atoms with Gasteiger partial charge in [0.25, 0.3) is 0 Å². The molecule has 2 aromatic rings. The first-order valence-electron chi connectivity index (χ1n) is 6.56. The molecule has 0 spiro atoms. The van der Waals surface area contributed by atoms with Crippen LogP contribution in [-0.2, 0) is 6.42 Å². The summed E-state index contributed by atoms with van der Waals surface area (Å²) in [7, 11) is 0. The van der Waals surface area contributed by atoms with Crippen LogP contribution in [0.5, 0.6) is 0 Å². The van der Waals surface area contributed by atoms with Gasteiger partial charge in [0.1, 0.15) is 0 Å². The zero-order valence-electron chi connectivity index (χ0n) is 10.9. The van der Waals surface area contributed by atoms with Gasteiger partial charge in [0.15, 0.2) is 0 Å². The predicted octanol–water partition coefficient (Wildman–Crippen LogP) is 4.75. The molecule has 0 saturated heterocycles. The molecule has 104 valence electrons. The summed E-state index contributed by atoms with van der Waals surface area (Å²) in [5.74, 6) is 1.42. The van der Waals surface area contributed by atoms with Crippen LogP contribution in [0, 0.1) is 0 Å². The van der Waals surface area contributed by atoms with Crippen LogP contribution >= 0.6 is 35.0 Å². The number of thioether (sulfide) groups is 1. The van der Waals surface area contributed by atoms with Gasteiger partial charge in [0.2, 0.25) is 0 Å². The Bertz CT molecular complexity index is 630. The molecule has 4 heteroatoms. The largest absolute Gasteiger partial charge is 0.327 e. The number of benzene rings is 2. The van der Waals surface area contributed by atoms with Crippen LogP contribution in [-0.4, -0.2) is 11.8 Å². The summed E-state index contributed by atoms with van der Waals surface area (Å²) < 4.78 is 0. The normalized spacial score (nSPS) is 18.9. The maximum atomic E-state index is 6.43. The zero-order valence-corrected chi connectivity index (χ0v) is 13.2. The van der Waals surface area contributed by atoms with Gasteiger partial charge in [-0.3, -0.25) is 0 Å². The Balaban J connectivity index is 1.81. The topological polar surface area (TPSA) is 26.0 Å². The average Bonchev–Trinajstić information content (AvgIpc) is 2.87. The van der Waals surface area contributed by atoms with Crippen LogP contribution in [0.4, 0.5) is 0 Å². The second-order valence-corrected chi connectivity index (χ2v) is 6.96. The molecule has 0 saturated carbocycles. The highest BCUT2D eigenvalue weighted by Crippen LogP contribution is 2.41. The molecule has 2 N–H and O–H groups in total. The van der Waals surface area contributed by atoms with Crippen molar-refractivity contribution in [3.63, 3.8) is 0 Å². The lowest BCUT2D eigenvalue weighted by atomic mass is 9.90. The first-order valence-corrected chi connectivity index (χ1v) is 8.30. The molecule has 1 heterocycles. The van der Waals surface area contributed by atoms with Crippen LogP contribution < -0.4 is 5.73 Å². The Labute approximate surface area is 133 Å². The fourth-order valence-corrected chi connectivity index (χ4v) is 4.37. The molecule has 0 aromatic heterocycles. The molecule has 2 atom stereocenters. The molecule has 0 radical (unpaired) electrons. The molecule has 3 rings (SSSR count). The minimum atomic E-state index is 0.0575. The molecule has 1 aliphatic rings. The van der Waals surface area contributed by atoms with Gasteiger partial charge in [0.05, 0.1) is 0 Å². The fourth-order valence-electron chi connectivity index (χ4n) is 2.64. The number of nitrogens with two attached hydrogens (primary N) is 1. The summed E-state index contributed by atoms with van der Waals surface area (Å²) in [6.07, 6.45) is 0.749. The van der Waals surface area contributed by atoms with E-state index in [0.29, 0.717) is 10.9 Å². The maximum absolute atomic E-state index is 6.43. The van der Waals surface area contributed by atoms with Crippen molar-refractivity contribution in [2.45, 2.75) is 23.3 Å². The minimum absolute atomic E-state index is 0.0575. The van der Waals surface area contributed by atoms with E-state index < -0.39 is 0 Å². The maximum Gasteiger partial charge on any atom is 0.0439 e. The van der Waals surface area contributed by atoms with Gasteiger partial charge in [-0.05, 0) is 41.8 Å². The van der Waals surface area contributed by atoms with Crippen molar-refractivity contribution in [2.24, 2.45) is 5.73 Å². The second-order valence-electron chi connectivity index (χ2n) is 5.06. The van der Waals surface area contributed by atoms with E-state index in [4.69, 9.17) is 28.9 Å². The van der Waals surface area contributed by atoms with Crippen LogP contribution in [0.1, 0.15) is 17.0 Å². The predicted molar refractivity (Wildman–Crippen MR) is 88.0 cm³/mol. The molecule has 20 heavy (non-hydrogen) atoms. The number of fused-ring (bicyclic) bond motifs is 1. The van der Waals surface area contributed by atoms with Crippen molar-refractivity contribution in [3.8, 4) is 0 Å². The first kappa shape index (κ1) is 14.3. The lowest BCUT2D eigenvalue weighted by molar-refractivity contribution is 0.572. The summed E-state index contributed by atoms with van der Waals surface area (Å²) in [5.41, 5.74) is 8.82. The molecular weight excluding hydrogens is 309 g/mol. The van der Waals surface area contributed by atoms with Crippen LogP contribution in [0.3, 0.4) is 0 Å². The summed E-state index contributed by atoms with van der Waals surface area (Å²) in [4.78, 5) is 1.35. The molecule has 2 aromatic carbocycles. The van der Waals surface area contributed by atoms with Gasteiger partial charge >= 0.3 is 0 Å². The molecule has 2 unspecified atom stereocenters. The Hall–Kier alpha value is -0.670. The van der Waals surface area contributed by atoms with Crippen molar-refractivity contribution >= 4 is 35.0 Å². The van der Waals surface area contributed by atoms with Gasteiger partial charge in [-0.1, -0.05) is 41.4 Å². The van der Waals surface area contributed by atoms with E-state index in [2.05, 4.69) is 24.3 Å². The van der Waals surface area contributed by atoms with Gasteiger partial charge in [-0.25, -0.2) is 0 Å². The quantitative estimate of drug-likeness (QED) is 0.881. The van der Waals surface area contributed by atoms with Crippen molar-refractivity contribution in [3.05, 3.63) is 63.6 Å². The third-order valence-electron chi connectivity index (χ3n) is 3.72. The van der Waals surface area contributed by atoms with Crippen LogP contribution in [0.15, 0.2) is 47.4 Å². The van der Waals surface area contributed by atoms with E-state index in [1.807, 2.05) is 23.9 Å². The van der Waals surface area contributed by atoms with Gasteiger partial charge in [-0.2, -0.15) is 0 Å². The van der Waals surface area contributed by atoms with Crippen molar-refractivity contribution in [1.29, 1.82) is 0 Å². The zero-order chi connectivity index (χ0) is 14.1. The Kier molecular flexibility index (Phi) is 4.27. The number of rotatable bonds is 3. The van der Waals surface area contributed by atoms with Gasteiger partial charge < -0.3 is 5.73 Å². The smallest absolute Gasteiger partial charge is 0.0439 e. The minimum Gasteiger partial charge on any atom is -0.327 e. The summed E-state index contributed by atoms with van der Waals surface area (Å²) >= 11 is 14.1. The van der Waals surface area contributed by atoms with Gasteiger partial charge in [-0.15, -0.1) is 11.8 Å². The van der Waals surface area contributed by atoms with Crippen LogP contribution in [0.25, 0.3) is 0 Å². The van der Waals surface area contributed by atoms with Gasteiger partial charge in [0, 0.05) is 32.7 Å². The Morgan fingerprint density at radius 1 is 1.20 bits per heavy atom. The van der Waals surface area contributed by atoms with E-state index in [1.54, 1.807) is 6.07 Å². The lowest BCUT2D eigenvalue weighted by Crippen LogP contribution is -2.31. The van der Waals surface area contributed by atoms with E-state index >= 15 is 0 Å².